The number of anilines is 1. The number of carboxylic acid groups (broad SMARTS) is 2. The second-order valence-electron chi connectivity index (χ2n) is 3.78. The molecular weight excluding hydrogens is 276 g/mol. The zero-order chi connectivity index (χ0) is 15.2. The minimum atomic E-state index is -1.86. The van der Waals surface area contributed by atoms with Gasteiger partial charge in [-0.15, -0.1) is 0 Å². The highest BCUT2D eigenvalue weighted by Crippen LogP contribution is 2.14. The molecule has 0 spiro atoms. The van der Waals surface area contributed by atoms with Crippen molar-refractivity contribution in [3.8, 4) is 11.4 Å². The van der Waals surface area contributed by atoms with Crippen LogP contribution in [0.3, 0.4) is 0 Å². The molecule has 106 valence electrons. The average Bonchev–Trinajstić information content (AvgIpc) is 2.48. The molecule has 0 saturated carbocycles. The molecule has 0 unspecified atom stereocenters. The van der Waals surface area contributed by atoms with E-state index in [1.807, 2.05) is 0 Å². The van der Waals surface area contributed by atoms with E-state index < -0.39 is 17.5 Å². The Balaban J connectivity index is 2.25. The summed E-state index contributed by atoms with van der Waals surface area (Å²) in [6, 6.07) is 4.84. The van der Waals surface area contributed by atoms with Gasteiger partial charge in [0.25, 0.3) is 0 Å². The number of aliphatic carboxylic acids is 2. The van der Waals surface area contributed by atoms with Crippen molar-refractivity contribution < 1.29 is 19.8 Å². The molecule has 0 atom stereocenters. The fraction of sp³-hybridized carbons (Fsp3) is 0. The largest absolute Gasteiger partial charge is 0.545 e. The predicted octanol–water partition coefficient (Wildman–Crippen LogP) is -1.67. The van der Waals surface area contributed by atoms with E-state index in [9.17, 15) is 19.8 Å². The third-order valence-electron chi connectivity index (χ3n) is 2.40. The minimum Gasteiger partial charge on any atom is -0.545 e. The Kier molecular flexibility index (Phi) is 4.20. The molecule has 1 N–H and O–H groups in total. The standard InChI is InChI=1S/C13H10N4O4/c18-12(19)9(13(20)21)7-16-10-3-6-15-11(17-10)8-1-4-14-5-2-8/h1-7H,(H,18,19)(H,20,21)(H,15,16,17)/p-2. The summed E-state index contributed by atoms with van der Waals surface area (Å²) in [7, 11) is 0. The molecule has 21 heavy (non-hydrogen) atoms. The van der Waals surface area contributed by atoms with E-state index in [0.29, 0.717) is 11.4 Å². The van der Waals surface area contributed by atoms with Crippen molar-refractivity contribution in [2.24, 2.45) is 0 Å². The van der Waals surface area contributed by atoms with Crippen molar-refractivity contribution >= 4 is 17.8 Å². The lowest BCUT2D eigenvalue weighted by Crippen LogP contribution is -2.36. The number of hydrogen-bond donors (Lipinski definition) is 1. The second kappa shape index (κ2) is 6.24. The molecule has 8 heteroatoms. The number of hydrogen-bond acceptors (Lipinski definition) is 8. The highest BCUT2D eigenvalue weighted by Gasteiger charge is 2.03. The van der Waals surface area contributed by atoms with Gasteiger partial charge in [0.2, 0.25) is 0 Å². The van der Waals surface area contributed by atoms with Crippen molar-refractivity contribution in [2.45, 2.75) is 0 Å². The van der Waals surface area contributed by atoms with Gasteiger partial charge < -0.3 is 25.1 Å². The lowest BCUT2D eigenvalue weighted by atomic mass is 10.2. The van der Waals surface area contributed by atoms with Gasteiger partial charge in [-0.3, -0.25) is 4.98 Å². The minimum absolute atomic E-state index is 0.219. The van der Waals surface area contributed by atoms with Gasteiger partial charge in [-0.05, 0) is 18.2 Å². The summed E-state index contributed by atoms with van der Waals surface area (Å²) in [5.41, 5.74) is -0.309. The maximum atomic E-state index is 10.6. The molecule has 2 aromatic heterocycles. The van der Waals surface area contributed by atoms with Gasteiger partial charge in [0.15, 0.2) is 5.82 Å². The Morgan fingerprint density at radius 2 is 1.71 bits per heavy atom. The molecule has 2 aromatic rings. The van der Waals surface area contributed by atoms with Gasteiger partial charge in [0.05, 0.1) is 11.9 Å². The van der Waals surface area contributed by atoms with Gasteiger partial charge in [0, 0.05) is 35.9 Å². The van der Waals surface area contributed by atoms with E-state index >= 15 is 0 Å². The van der Waals surface area contributed by atoms with Crippen molar-refractivity contribution in [3.63, 3.8) is 0 Å². The molecular formula is C13H8N4O4-2. The Labute approximate surface area is 118 Å². The SMILES string of the molecule is O=C([O-])C(=CNc1ccnc(-c2ccncc2)n1)C(=O)[O-]. The average molecular weight is 284 g/mol. The zero-order valence-corrected chi connectivity index (χ0v) is 10.5. The number of nitrogens with one attached hydrogen (secondary N) is 1. The third-order valence-corrected chi connectivity index (χ3v) is 2.40. The topological polar surface area (TPSA) is 131 Å². The highest BCUT2D eigenvalue weighted by atomic mass is 16.4. The van der Waals surface area contributed by atoms with Crippen LogP contribution in [0.15, 0.2) is 48.6 Å². The summed E-state index contributed by atoms with van der Waals surface area (Å²) in [4.78, 5) is 33.2. The highest BCUT2D eigenvalue weighted by molar-refractivity contribution is 6.10. The van der Waals surface area contributed by atoms with Crippen LogP contribution in [0.2, 0.25) is 0 Å². The molecule has 0 amide bonds. The number of rotatable bonds is 5. The van der Waals surface area contributed by atoms with Crippen LogP contribution in [-0.2, 0) is 9.59 Å². The fourth-order valence-corrected chi connectivity index (χ4v) is 1.43. The summed E-state index contributed by atoms with van der Waals surface area (Å²) in [5.74, 6) is -3.12. The van der Waals surface area contributed by atoms with E-state index in [4.69, 9.17) is 0 Å². The molecule has 8 nitrogen and oxygen atoms in total. The van der Waals surface area contributed by atoms with Crippen LogP contribution in [0, 0.1) is 0 Å². The number of nitrogens with zero attached hydrogens (tertiary/aromatic N) is 3. The van der Waals surface area contributed by atoms with Crippen molar-refractivity contribution in [1.82, 2.24) is 15.0 Å². The summed E-state index contributed by atoms with van der Waals surface area (Å²) < 4.78 is 0. The van der Waals surface area contributed by atoms with E-state index in [2.05, 4.69) is 20.3 Å². The van der Waals surface area contributed by atoms with Crippen LogP contribution in [0.1, 0.15) is 0 Å². The molecule has 2 heterocycles. The molecule has 0 fully saturated rings. The maximum absolute atomic E-state index is 10.6. The van der Waals surface area contributed by atoms with Crippen LogP contribution in [-0.4, -0.2) is 26.9 Å². The zero-order valence-electron chi connectivity index (χ0n) is 10.5. The summed E-state index contributed by atoms with van der Waals surface area (Å²) in [6.45, 7) is 0. The first-order chi connectivity index (χ1) is 10.1. The Morgan fingerprint density at radius 1 is 1.05 bits per heavy atom. The molecule has 0 aliphatic heterocycles. The van der Waals surface area contributed by atoms with E-state index in [1.54, 1.807) is 24.5 Å². The van der Waals surface area contributed by atoms with Crippen molar-refractivity contribution in [3.05, 3.63) is 48.6 Å². The smallest absolute Gasteiger partial charge is 0.161 e. The first-order valence-electron chi connectivity index (χ1n) is 5.71. The quantitative estimate of drug-likeness (QED) is 0.392. The number of carbonyl (C=O) groups is 2. The van der Waals surface area contributed by atoms with Crippen LogP contribution in [0.25, 0.3) is 11.4 Å². The lowest BCUT2D eigenvalue weighted by molar-refractivity contribution is -0.312. The number of aromatic nitrogens is 3. The molecule has 0 radical (unpaired) electrons. The lowest BCUT2D eigenvalue weighted by Gasteiger charge is -2.10. The van der Waals surface area contributed by atoms with Gasteiger partial charge in [0.1, 0.15) is 5.82 Å². The maximum Gasteiger partial charge on any atom is 0.161 e. The van der Waals surface area contributed by atoms with E-state index in [-0.39, 0.29) is 5.82 Å². The van der Waals surface area contributed by atoms with E-state index in [0.717, 1.165) is 6.20 Å². The molecule has 0 aliphatic carbocycles. The normalized spacial score (nSPS) is 9.71. The van der Waals surface area contributed by atoms with Crippen LogP contribution >= 0.6 is 0 Å². The van der Waals surface area contributed by atoms with Crippen LogP contribution in [0.4, 0.5) is 5.82 Å². The molecule has 0 aliphatic rings. The summed E-state index contributed by atoms with van der Waals surface area (Å²) in [5, 5.41) is 23.6. The van der Waals surface area contributed by atoms with Gasteiger partial charge >= 0.3 is 0 Å². The first kappa shape index (κ1) is 14.1. The molecule has 0 aromatic carbocycles. The van der Waals surface area contributed by atoms with E-state index in [1.165, 1.54) is 12.3 Å². The van der Waals surface area contributed by atoms with Gasteiger partial charge in [-0.25, -0.2) is 9.97 Å². The van der Waals surface area contributed by atoms with Crippen molar-refractivity contribution in [1.29, 1.82) is 0 Å². The number of pyridine rings is 1. The van der Waals surface area contributed by atoms with Gasteiger partial charge in [-0.2, -0.15) is 0 Å². The molecule has 0 bridgehead atoms. The van der Waals surface area contributed by atoms with Crippen LogP contribution in [0.5, 0.6) is 0 Å². The number of carbonyl (C=O) groups excluding carboxylic acids is 2. The summed E-state index contributed by atoms with van der Waals surface area (Å²) in [6.07, 6.45) is 5.33. The molecule has 2 rings (SSSR count). The summed E-state index contributed by atoms with van der Waals surface area (Å²) >= 11 is 0. The van der Waals surface area contributed by atoms with Crippen LogP contribution < -0.4 is 15.5 Å². The van der Waals surface area contributed by atoms with Crippen molar-refractivity contribution in [2.75, 3.05) is 5.32 Å². The fourth-order valence-electron chi connectivity index (χ4n) is 1.43. The second-order valence-corrected chi connectivity index (χ2v) is 3.78. The first-order valence-corrected chi connectivity index (χ1v) is 5.71. The Morgan fingerprint density at radius 3 is 2.33 bits per heavy atom. The molecule has 0 saturated heterocycles. The number of carboxylic acids is 2. The third kappa shape index (κ3) is 3.60. The Bertz CT molecular complexity index is 684. The van der Waals surface area contributed by atoms with Gasteiger partial charge in [-0.1, -0.05) is 0 Å². The Hall–Kier alpha value is -3.29. The monoisotopic (exact) mass is 284 g/mol. The predicted molar refractivity (Wildman–Crippen MR) is 67.0 cm³/mol.